The highest BCUT2D eigenvalue weighted by atomic mass is 19.1. The molecule has 9 heteroatoms. The fraction of sp³-hybridized carbons (Fsp3) is 0.714. The van der Waals surface area contributed by atoms with E-state index in [4.69, 9.17) is 14.2 Å². The second kappa shape index (κ2) is 10.4. The van der Waals surface area contributed by atoms with Crippen LogP contribution in [0.5, 0.6) is 5.88 Å². The second-order valence-electron chi connectivity index (χ2n) is 8.34. The van der Waals surface area contributed by atoms with Gasteiger partial charge < -0.3 is 29.5 Å². The average Bonchev–Trinajstić information content (AvgIpc) is 3.47. The second-order valence-corrected chi connectivity index (χ2v) is 8.34. The van der Waals surface area contributed by atoms with E-state index in [-0.39, 0.29) is 48.8 Å². The van der Waals surface area contributed by atoms with Crippen LogP contribution >= 0.6 is 0 Å². The molecule has 2 aliphatic rings. The number of halogens is 1. The Morgan fingerprint density at radius 2 is 2.13 bits per heavy atom. The Morgan fingerprint density at radius 1 is 1.37 bits per heavy atom. The highest BCUT2D eigenvalue weighted by Crippen LogP contribution is 2.39. The average molecular weight is 426 g/mol. The first-order chi connectivity index (χ1) is 14.5. The lowest BCUT2D eigenvalue weighted by molar-refractivity contribution is 0.0343. The standard InChI is InChI=1S/C21H32FN3O5/c1-13(2)18(11-29-12-22)23-20(27)17-4-5-19(25-7-16(8-25)28-3)21(24-17)30-10-15-6-14(15)9-26/h4-5,13-16,18,26H,6-12H2,1-3H3,(H,23,27)/t14-,15+,18-/m1/s1. The summed E-state index contributed by atoms with van der Waals surface area (Å²) in [6.07, 6.45) is 1.11. The zero-order valence-electron chi connectivity index (χ0n) is 17.8. The van der Waals surface area contributed by atoms with Crippen molar-refractivity contribution in [1.82, 2.24) is 10.3 Å². The van der Waals surface area contributed by atoms with Gasteiger partial charge in [-0.05, 0) is 36.3 Å². The third-order valence-electron chi connectivity index (χ3n) is 5.83. The molecule has 8 nitrogen and oxygen atoms in total. The molecule has 3 rings (SSSR count). The molecule has 1 aromatic heterocycles. The number of hydrogen-bond donors (Lipinski definition) is 2. The Kier molecular flexibility index (Phi) is 7.85. The van der Waals surface area contributed by atoms with Crippen molar-refractivity contribution in [2.45, 2.75) is 32.4 Å². The molecule has 0 bridgehead atoms. The Labute approximate surface area is 176 Å². The number of carbonyl (C=O) groups is 1. The highest BCUT2D eigenvalue weighted by molar-refractivity contribution is 5.93. The molecule has 0 unspecified atom stereocenters. The van der Waals surface area contributed by atoms with Gasteiger partial charge in [-0.15, -0.1) is 0 Å². The van der Waals surface area contributed by atoms with Crippen molar-refractivity contribution >= 4 is 11.6 Å². The maximum Gasteiger partial charge on any atom is 0.270 e. The number of amides is 1. The number of rotatable bonds is 12. The van der Waals surface area contributed by atoms with Gasteiger partial charge in [-0.3, -0.25) is 4.79 Å². The van der Waals surface area contributed by atoms with E-state index in [0.717, 1.165) is 25.2 Å². The number of carbonyl (C=O) groups excluding carboxylic acids is 1. The molecule has 0 aromatic carbocycles. The van der Waals surface area contributed by atoms with Gasteiger partial charge in [0, 0.05) is 26.8 Å². The number of methoxy groups -OCH3 is 1. The van der Waals surface area contributed by atoms with Gasteiger partial charge in [0.05, 0.1) is 25.4 Å². The molecule has 3 atom stereocenters. The van der Waals surface area contributed by atoms with E-state index in [0.29, 0.717) is 18.4 Å². The number of aliphatic hydroxyl groups is 1. The van der Waals surface area contributed by atoms with Crippen molar-refractivity contribution in [3.05, 3.63) is 17.8 Å². The summed E-state index contributed by atoms with van der Waals surface area (Å²) in [5.41, 5.74) is 1.06. The van der Waals surface area contributed by atoms with Gasteiger partial charge in [0.15, 0.2) is 6.86 Å². The minimum atomic E-state index is -0.891. The fourth-order valence-electron chi connectivity index (χ4n) is 3.43. The van der Waals surface area contributed by atoms with E-state index < -0.39 is 6.86 Å². The largest absolute Gasteiger partial charge is 0.476 e. The van der Waals surface area contributed by atoms with Crippen molar-refractivity contribution in [2.75, 3.05) is 51.8 Å². The maximum atomic E-state index is 12.7. The zero-order valence-corrected chi connectivity index (χ0v) is 17.8. The van der Waals surface area contributed by atoms with Gasteiger partial charge in [-0.25, -0.2) is 9.37 Å². The third kappa shape index (κ3) is 5.59. The molecule has 2 fully saturated rings. The number of nitrogens with zero attached hydrogens (tertiary/aromatic N) is 2. The Morgan fingerprint density at radius 3 is 2.73 bits per heavy atom. The SMILES string of the molecule is COC1CN(c2ccc(C(=O)N[C@H](COCF)C(C)C)nc2OC[C@@H]2C[C@@H]2CO)C1. The van der Waals surface area contributed by atoms with Crippen molar-refractivity contribution in [2.24, 2.45) is 17.8 Å². The van der Waals surface area contributed by atoms with Gasteiger partial charge in [-0.2, -0.15) is 0 Å². The van der Waals surface area contributed by atoms with Gasteiger partial charge >= 0.3 is 0 Å². The normalized spacial score (nSPS) is 22.0. The molecule has 1 amide bonds. The third-order valence-corrected chi connectivity index (χ3v) is 5.83. The van der Waals surface area contributed by atoms with Gasteiger partial charge in [-0.1, -0.05) is 13.8 Å². The lowest BCUT2D eigenvalue weighted by atomic mass is 10.1. The lowest BCUT2D eigenvalue weighted by Gasteiger charge is -2.40. The topological polar surface area (TPSA) is 93.2 Å². The van der Waals surface area contributed by atoms with Crippen molar-refractivity contribution < 1.29 is 28.5 Å². The monoisotopic (exact) mass is 425 g/mol. The predicted molar refractivity (Wildman–Crippen MR) is 109 cm³/mol. The summed E-state index contributed by atoms with van der Waals surface area (Å²) in [7, 11) is 1.69. The first-order valence-electron chi connectivity index (χ1n) is 10.4. The number of hydrogen-bond acceptors (Lipinski definition) is 7. The number of aromatic nitrogens is 1. The van der Waals surface area contributed by atoms with Crippen LogP contribution in [0.25, 0.3) is 0 Å². The summed E-state index contributed by atoms with van der Waals surface area (Å²) in [6.45, 7) is 5.15. The number of ether oxygens (including phenoxy) is 3. The number of aliphatic hydroxyl groups excluding tert-OH is 1. The van der Waals surface area contributed by atoms with E-state index in [1.54, 1.807) is 13.2 Å². The summed E-state index contributed by atoms with van der Waals surface area (Å²) in [5, 5.41) is 12.1. The van der Waals surface area contributed by atoms with Gasteiger partial charge in [0.25, 0.3) is 5.91 Å². The quantitative estimate of drug-likeness (QED) is 0.526. The molecule has 0 radical (unpaired) electrons. The molecule has 1 aliphatic heterocycles. The highest BCUT2D eigenvalue weighted by Gasteiger charge is 2.37. The molecule has 168 valence electrons. The molecule has 1 saturated carbocycles. The molecule has 2 heterocycles. The number of pyridine rings is 1. The van der Waals surface area contributed by atoms with Crippen LogP contribution in [0, 0.1) is 17.8 Å². The first-order valence-corrected chi connectivity index (χ1v) is 10.4. The molecule has 1 aromatic rings. The van der Waals surface area contributed by atoms with Crippen LogP contribution in [0.1, 0.15) is 30.8 Å². The minimum absolute atomic E-state index is 0.0767. The Balaban J connectivity index is 1.71. The van der Waals surface area contributed by atoms with Crippen molar-refractivity contribution in [3.8, 4) is 5.88 Å². The summed E-state index contributed by atoms with van der Waals surface area (Å²) in [5.74, 6) is 0.720. The molecular formula is C21H32FN3O5. The van der Waals surface area contributed by atoms with E-state index in [1.807, 2.05) is 19.9 Å². The van der Waals surface area contributed by atoms with Crippen LogP contribution in [-0.2, 0) is 9.47 Å². The molecule has 1 saturated heterocycles. The van der Waals surface area contributed by atoms with Crippen LogP contribution in [0.3, 0.4) is 0 Å². The van der Waals surface area contributed by atoms with Crippen LogP contribution in [0.4, 0.5) is 10.1 Å². The van der Waals surface area contributed by atoms with Gasteiger partial charge in [0.1, 0.15) is 11.4 Å². The van der Waals surface area contributed by atoms with Crippen LogP contribution in [0.2, 0.25) is 0 Å². The smallest absolute Gasteiger partial charge is 0.270 e. The minimum Gasteiger partial charge on any atom is -0.476 e. The van der Waals surface area contributed by atoms with E-state index >= 15 is 0 Å². The first kappa shape index (κ1) is 22.7. The molecule has 30 heavy (non-hydrogen) atoms. The van der Waals surface area contributed by atoms with E-state index in [1.165, 1.54) is 0 Å². The number of nitrogens with one attached hydrogen (secondary N) is 1. The summed E-state index contributed by atoms with van der Waals surface area (Å²) < 4.78 is 28.5. The maximum absolute atomic E-state index is 12.7. The zero-order chi connectivity index (χ0) is 21.7. The van der Waals surface area contributed by atoms with Crippen LogP contribution in [-0.4, -0.2) is 75.0 Å². The van der Waals surface area contributed by atoms with Gasteiger partial charge in [0.2, 0.25) is 5.88 Å². The van der Waals surface area contributed by atoms with Crippen molar-refractivity contribution in [3.63, 3.8) is 0 Å². The number of anilines is 1. The van der Waals surface area contributed by atoms with Crippen LogP contribution < -0.4 is 15.0 Å². The summed E-state index contributed by atoms with van der Waals surface area (Å²) in [4.78, 5) is 19.3. The van der Waals surface area contributed by atoms with E-state index in [2.05, 4.69) is 15.2 Å². The predicted octanol–water partition coefficient (Wildman–Crippen LogP) is 1.62. The fourth-order valence-corrected chi connectivity index (χ4v) is 3.43. The molecular weight excluding hydrogens is 393 g/mol. The molecule has 1 aliphatic carbocycles. The Bertz CT molecular complexity index is 714. The molecule has 2 N–H and O–H groups in total. The van der Waals surface area contributed by atoms with Crippen molar-refractivity contribution in [1.29, 1.82) is 0 Å². The summed E-state index contributed by atoms with van der Waals surface area (Å²) >= 11 is 0. The van der Waals surface area contributed by atoms with E-state index in [9.17, 15) is 14.3 Å². The summed E-state index contributed by atoms with van der Waals surface area (Å²) in [6, 6.07) is 3.18. The molecule has 0 spiro atoms. The lowest BCUT2D eigenvalue weighted by Crippen LogP contribution is -2.52. The number of alkyl halides is 1. The Hall–Kier alpha value is -1.97. The van der Waals surface area contributed by atoms with Crippen LogP contribution in [0.15, 0.2) is 12.1 Å².